The van der Waals surface area contributed by atoms with Crippen molar-refractivity contribution in [1.29, 1.82) is 0 Å². The molecule has 0 bridgehead atoms. The van der Waals surface area contributed by atoms with Gasteiger partial charge in [-0.3, -0.25) is 4.79 Å². The van der Waals surface area contributed by atoms with Crippen molar-refractivity contribution < 1.29 is 34.4 Å². The molecule has 47 heavy (non-hydrogen) atoms. The minimum Gasteiger partial charge on any atom is -0.512 e. The van der Waals surface area contributed by atoms with Crippen LogP contribution in [0.15, 0.2) is 46.7 Å². The van der Waals surface area contributed by atoms with Crippen molar-refractivity contribution in [3.8, 4) is 11.3 Å². The van der Waals surface area contributed by atoms with Crippen LogP contribution >= 0.6 is 0 Å². The Kier molecular flexibility index (Phi) is 12.2. The number of nitrogens with zero attached hydrogens (tertiary/aromatic N) is 1. The summed E-state index contributed by atoms with van der Waals surface area (Å²) in [4.78, 5) is 16.7. The van der Waals surface area contributed by atoms with Gasteiger partial charge >= 0.3 is 0 Å². The third kappa shape index (κ3) is 7.49. The molecule has 1 radical (unpaired) electrons. The van der Waals surface area contributed by atoms with E-state index in [1.807, 2.05) is 33.9 Å². The average molecular weight is 847 g/mol. The molecular formula is C40H56IrNO3Si2-. The molecule has 4 nitrogen and oxygen atoms in total. The molecule has 257 valence electrons. The number of aliphatic hydroxyl groups excluding tert-OH is 1. The molecular weight excluding hydrogens is 791 g/mol. The maximum Gasteiger partial charge on any atom is 0.162 e. The molecule has 1 aliphatic carbocycles. The standard InChI is InChI=1S/C27H32NOSi2.C13H24O2.Ir/c1-16-14-19-24(28-15-16)17-10-12-20(30(4,5)6)25-22(17)23-18(27(19,2)3)11-13-21(26(23)29-25)31(7,8)9;1-5-10(6-2)12(14)9-13(15)11(7-3)8-4;/h11-15H,1-9H3;9-11,14H,5-8H2,1-4H3;/q-1;;/b;12-9-;. The second kappa shape index (κ2) is 14.7. The SMILES string of the molecule is CCC(CC)C(=O)/C=C(\O)C(CC)CC.Cc1cnc2c(c1)C(C)(C)c1ccc([Si](C)(C)C)c3oc4c([Si](C)(C)C)c[c-]c-2c4c13.[Ir]. The predicted molar refractivity (Wildman–Crippen MR) is 202 cm³/mol. The maximum atomic E-state index is 11.7. The van der Waals surface area contributed by atoms with Gasteiger partial charge in [-0.2, -0.15) is 0 Å². The first-order valence-electron chi connectivity index (χ1n) is 17.3. The Labute approximate surface area is 299 Å². The largest absolute Gasteiger partial charge is 0.512 e. The van der Waals surface area contributed by atoms with E-state index in [1.165, 1.54) is 43.9 Å². The maximum absolute atomic E-state index is 11.7. The third-order valence-corrected chi connectivity index (χ3v) is 14.0. The summed E-state index contributed by atoms with van der Waals surface area (Å²) in [6.07, 6.45) is 6.89. The van der Waals surface area contributed by atoms with Crippen molar-refractivity contribution in [2.45, 2.75) is 119 Å². The normalized spacial score (nSPS) is 14.2. The molecule has 0 atom stereocenters. The van der Waals surface area contributed by atoms with Crippen LogP contribution in [-0.2, 0) is 30.3 Å². The number of hydrogen-bond donors (Lipinski definition) is 1. The van der Waals surface area contributed by atoms with E-state index in [-0.39, 0.29) is 48.9 Å². The molecule has 1 N–H and O–H groups in total. The number of allylic oxidation sites excluding steroid dienone is 2. The molecule has 0 spiro atoms. The van der Waals surface area contributed by atoms with E-state index in [0.29, 0.717) is 0 Å². The van der Waals surface area contributed by atoms with E-state index in [9.17, 15) is 9.90 Å². The number of aliphatic hydroxyl groups is 1. The third-order valence-electron chi connectivity index (χ3n) is 10.0. The zero-order valence-corrected chi connectivity index (χ0v) is 35.4. The molecule has 2 aromatic heterocycles. The minimum atomic E-state index is -1.63. The molecule has 0 saturated heterocycles. The fraction of sp³-hybridized carbons (Fsp3) is 0.500. The van der Waals surface area contributed by atoms with Gasteiger partial charge in [-0.15, -0.1) is 17.7 Å². The molecule has 0 aliphatic heterocycles. The Balaban J connectivity index is 0.000000322. The van der Waals surface area contributed by atoms with Gasteiger partial charge < -0.3 is 14.5 Å². The van der Waals surface area contributed by atoms with Gasteiger partial charge in [-0.25, -0.2) is 0 Å². The number of carbonyl (C=O) groups excluding carboxylic acids is 1. The smallest absolute Gasteiger partial charge is 0.162 e. The van der Waals surface area contributed by atoms with Crippen LogP contribution in [0.25, 0.3) is 33.2 Å². The molecule has 1 aliphatic rings. The predicted octanol–water partition coefficient (Wildman–Crippen LogP) is 10.4. The van der Waals surface area contributed by atoms with Crippen molar-refractivity contribution in [2.75, 3.05) is 0 Å². The van der Waals surface area contributed by atoms with Crippen molar-refractivity contribution in [3.63, 3.8) is 0 Å². The summed E-state index contributed by atoms with van der Waals surface area (Å²) >= 11 is 0. The summed E-state index contributed by atoms with van der Waals surface area (Å²) < 4.78 is 6.88. The van der Waals surface area contributed by atoms with Gasteiger partial charge in [0.25, 0.3) is 0 Å². The van der Waals surface area contributed by atoms with Gasteiger partial charge in [-0.05, 0) is 60.0 Å². The van der Waals surface area contributed by atoms with Gasteiger partial charge in [0.05, 0.1) is 19.4 Å². The van der Waals surface area contributed by atoms with E-state index < -0.39 is 16.1 Å². The number of furan rings is 1. The van der Waals surface area contributed by atoms with Crippen LogP contribution in [0.5, 0.6) is 0 Å². The van der Waals surface area contributed by atoms with Gasteiger partial charge in [0, 0.05) is 57.7 Å². The van der Waals surface area contributed by atoms with Crippen LogP contribution < -0.4 is 10.4 Å². The number of benzene rings is 2. The monoisotopic (exact) mass is 847 g/mol. The number of pyridine rings is 1. The van der Waals surface area contributed by atoms with Crippen LogP contribution in [0.2, 0.25) is 39.3 Å². The minimum absolute atomic E-state index is 0. The Morgan fingerprint density at radius 1 is 0.894 bits per heavy atom. The van der Waals surface area contributed by atoms with E-state index in [1.54, 1.807) is 0 Å². The number of ketones is 1. The fourth-order valence-electron chi connectivity index (χ4n) is 6.94. The number of aryl methyl sites for hydroxylation is 1. The van der Waals surface area contributed by atoms with Gasteiger partial charge in [0.1, 0.15) is 5.58 Å². The summed E-state index contributed by atoms with van der Waals surface area (Å²) in [7, 11) is -3.23. The van der Waals surface area contributed by atoms with Crippen LogP contribution in [-0.4, -0.2) is 32.0 Å². The molecule has 0 saturated carbocycles. The zero-order valence-electron chi connectivity index (χ0n) is 31.0. The van der Waals surface area contributed by atoms with E-state index in [2.05, 4.69) is 90.4 Å². The first kappa shape index (κ1) is 39.1. The summed E-state index contributed by atoms with van der Waals surface area (Å²) in [5, 5.41) is 15.0. The van der Waals surface area contributed by atoms with Crippen molar-refractivity contribution in [2.24, 2.45) is 11.8 Å². The van der Waals surface area contributed by atoms with Crippen LogP contribution in [0.3, 0.4) is 0 Å². The van der Waals surface area contributed by atoms with E-state index in [4.69, 9.17) is 9.40 Å². The zero-order chi connectivity index (χ0) is 34.4. The topological polar surface area (TPSA) is 63.3 Å². The molecule has 0 amide bonds. The van der Waals surface area contributed by atoms with Gasteiger partial charge in [-0.1, -0.05) is 115 Å². The first-order valence-corrected chi connectivity index (χ1v) is 24.3. The van der Waals surface area contributed by atoms with Crippen molar-refractivity contribution >= 4 is 54.2 Å². The quantitative estimate of drug-likeness (QED) is 0.0789. The van der Waals surface area contributed by atoms with Crippen LogP contribution in [0.1, 0.15) is 83.9 Å². The second-order valence-corrected chi connectivity index (χ2v) is 25.9. The summed E-state index contributed by atoms with van der Waals surface area (Å²) in [5.74, 6) is 0.547. The molecule has 4 aromatic rings. The van der Waals surface area contributed by atoms with Crippen LogP contribution in [0.4, 0.5) is 0 Å². The second-order valence-electron chi connectivity index (χ2n) is 15.8. The summed E-state index contributed by atoms with van der Waals surface area (Å²) in [6.45, 7) is 29.3. The molecule has 2 aromatic carbocycles. The number of fused-ring (bicyclic) bond motifs is 2. The van der Waals surface area contributed by atoms with E-state index >= 15 is 0 Å². The van der Waals surface area contributed by atoms with Gasteiger partial charge in [0.15, 0.2) is 5.78 Å². The Morgan fingerprint density at radius 2 is 1.45 bits per heavy atom. The Hall–Kier alpha value is -2.32. The fourth-order valence-corrected chi connectivity index (χ4v) is 9.74. The van der Waals surface area contributed by atoms with Crippen LogP contribution in [0, 0.1) is 24.8 Å². The number of rotatable bonds is 9. The Morgan fingerprint density at radius 3 is 1.98 bits per heavy atom. The molecule has 7 heteroatoms. The van der Waals surface area contributed by atoms with Gasteiger partial charge in [0.2, 0.25) is 0 Å². The number of aromatic nitrogens is 1. The molecule has 5 rings (SSSR count). The number of carbonyl (C=O) groups is 1. The molecule has 2 heterocycles. The van der Waals surface area contributed by atoms with Crippen molar-refractivity contribution in [3.05, 3.63) is 65.1 Å². The first-order chi connectivity index (χ1) is 21.4. The summed E-state index contributed by atoms with van der Waals surface area (Å²) in [5.41, 5.74) is 7.98. The average Bonchev–Trinajstić information content (AvgIpc) is 3.33. The molecule has 0 unspecified atom stereocenters. The Bertz CT molecular complexity index is 1780. The summed E-state index contributed by atoms with van der Waals surface area (Å²) in [6, 6.07) is 12.9. The van der Waals surface area contributed by atoms with E-state index in [0.717, 1.165) is 48.1 Å². The number of hydrogen-bond acceptors (Lipinski definition) is 4. The van der Waals surface area contributed by atoms with Crippen molar-refractivity contribution in [1.82, 2.24) is 4.98 Å². The molecule has 0 fully saturated rings.